The maximum Gasteiger partial charge on any atom is 0.260 e. The number of piperidine rings is 1. The minimum absolute atomic E-state index is 0.0693. The Morgan fingerprint density at radius 3 is 2.95 bits per heavy atom. The number of carbonyl (C=O) groups excluding carboxylic acids is 1. The van der Waals surface area contributed by atoms with Gasteiger partial charge in [0.15, 0.2) is 6.61 Å². The second-order valence-electron chi connectivity index (χ2n) is 5.13. The maximum atomic E-state index is 12.1. The summed E-state index contributed by atoms with van der Waals surface area (Å²) in [4.78, 5) is 14.0. The van der Waals surface area contributed by atoms with Gasteiger partial charge in [0.25, 0.3) is 5.91 Å². The average Bonchev–Trinajstić information content (AvgIpc) is 2.40. The highest BCUT2D eigenvalue weighted by atomic mass is 35.5. The number of hydrogen-bond donors (Lipinski definition) is 0. The number of halogens is 1. The van der Waals surface area contributed by atoms with E-state index in [1.807, 2.05) is 17.9 Å². The molecule has 0 spiro atoms. The van der Waals surface area contributed by atoms with Crippen LogP contribution < -0.4 is 4.74 Å². The zero-order valence-electron chi connectivity index (χ0n) is 11.5. The van der Waals surface area contributed by atoms with Gasteiger partial charge in [0.2, 0.25) is 0 Å². The molecule has 0 bridgehead atoms. The van der Waals surface area contributed by atoms with Gasteiger partial charge in [-0.2, -0.15) is 0 Å². The first-order chi connectivity index (χ1) is 9.08. The predicted molar refractivity (Wildman–Crippen MR) is 76.7 cm³/mol. The molecule has 19 heavy (non-hydrogen) atoms. The number of rotatable bonds is 3. The predicted octanol–water partition coefficient (Wildman–Crippen LogP) is 3.43. The van der Waals surface area contributed by atoms with Crippen LogP contribution in [0.25, 0.3) is 0 Å². The number of amides is 1. The van der Waals surface area contributed by atoms with Crippen LogP contribution in [0.4, 0.5) is 0 Å². The Morgan fingerprint density at radius 2 is 2.26 bits per heavy atom. The largest absolute Gasteiger partial charge is 0.484 e. The Labute approximate surface area is 119 Å². The van der Waals surface area contributed by atoms with Crippen molar-refractivity contribution in [3.05, 3.63) is 28.8 Å². The highest BCUT2D eigenvalue weighted by Gasteiger charge is 2.23. The van der Waals surface area contributed by atoms with Gasteiger partial charge in [-0.25, -0.2) is 0 Å². The third-order valence-corrected chi connectivity index (χ3v) is 4.04. The van der Waals surface area contributed by atoms with Gasteiger partial charge in [-0.05, 0) is 56.9 Å². The normalized spacial score (nSPS) is 19.3. The zero-order valence-corrected chi connectivity index (χ0v) is 12.2. The fourth-order valence-electron chi connectivity index (χ4n) is 2.40. The molecule has 2 rings (SSSR count). The standard InChI is InChI=1S/C15H20ClNO2/c1-11-9-13(6-7-14(11)16)19-10-15(18)17-8-4-3-5-12(17)2/h6-7,9,12H,3-5,8,10H2,1-2H3. The zero-order chi connectivity index (χ0) is 13.8. The topological polar surface area (TPSA) is 29.5 Å². The van der Waals surface area contributed by atoms with E-state index in [0.29, 0.717) is 16.8 Å². The molecule has 1 fully saturated rings. The van der Waals surface area contributed by atoms with E-state index in [1.54, 1.807) is 12.1 Å². The fraction of sp³-hybridized carbons (Fsp3) is 0.533. The van der Waals surface area contributed by atoms with Crippen molar-refractivity contribution in [2.75, 3.05) is 13.2 Å². The van der Waals surface area contributed by atoms with Crippen molar-refractivity contribution < 1.29 is 9.53 Å². The molecule has 3 nitrogen and oxygen atoms in total. The maximum absolute atomic E-state index is 12.1. The molecule has 1 atom stereocenters. The van der Waals surface area contributed by atoms with Gasteiger partial charge >= 0.3 is 0 Å². The Hall–Kier alpha value is -1.22. The molecule has 1 aromatic carbocycles. The van der Waals surface area contributed by atoms with Crippen molar-refractivity contribution in [1.82, 2.24) is 4.90 Å². The number of carbonyl (C=O) groups is 1. The van der Waals surface area contributed by atoms with Crippen LogP contribution in [0.1, 0.15) is 31.7 Å². The Bertz CT molecular complexity index is 461. The van der Waals surface area contributed by atoms with Crippen molar-refractivity contribution in [1.29, 1.82) is 0 Å². The van der Waals surface area contributed by atoms with Crippen LogP contribution in [0, 0.1) is 6.92 Å². The van der Waals surface area contributed by atoms with Crippen LogP contribution in [0.5, 0.6) is 5.75 Å². The Morgan fingerprint density at radius 1 is 1.47 bits per heavy atom. The van der Waals surface area contributed by atoms with E-state index in [2.05, 4.69) is 6.92 Å². The van der Waals surface area contributed by atoms with Gasteiger partial charge < -0.3 is 9.64 Å². The van der Waals surface area contributed by atoms with Gasteiger partial charge in [-0.15, -0.1) is 0 Å². The summed E-state index contributed by atoms with van der Waals surface area (Å²) < 4.78 is 5.56. The molecule has 0 aliphatic carbocycles. The van der Waals surface area contributed by atoms with E-state index < -0.39 is 0 Å². The molecule has 1 heterocycles. The van der Waals surface area contributed by atoms with Crippen molar-refractivity contribution >= 4 is 17.5 Å². The van der Waals surface area contributed by atoms with Gasteiger partial charge in [-0.1, -0.05) is 11.6 Å². The molecule has 1 aliphatic heterocycles. The lowest BCUT2D eigenvalue weighted by atomic mass is 10.0. The highest BCUT2D eigenvalue weighted by molar-refractivity contribution is 6.31. The number of hydrogen-bond acceptors (Lipinski definition) is 2. The lowest BCUT2D eigenvalue weighted by Gasteiger charge is -2.33. The van der Waals surface area contributed by atoms with Gasteiger partial charge in [0, 0.05) is 17.6 Å². The van der Waals surface area contributed by atoms with Crippen molar-refractivity contribution in [2.45, 2.75) is 39.2 Å². The fourth-order valence-corrected chi connectivity index (χ4v) is 2.52. The SMILES string of the molecule is Cc1cc(OCC(=O)N2CCCCC2C)ccc1Cl. The first kappa shape index (κ1) is 14.2. The van der Waals surface area contributed by atoms with E-state index in [9.17, 15) is 4.79 Å². The molecule has 0 radical (unpaired) electrons. The molecule has 4 heteroatoms. The molecule has 0 aromatic heterocycles. The summed E-state index contributed by atoms with van der Waals surface area (Å²) in [5.41, 5.74) is 0.956. The number of benzene rings is 1. The van der Waals surface area contributed by atoms with Crippen molar-refractivity contribution in [3.8, 4) is 5.75 Å². The summed E-state index contributed by atoms with van der Waals surface area (Å²) in [6.45, 7) is 4.97. The van der Waals surface area contributed by atoms with Crippen LogP contribution >= 0.6 is 11.6 Å². The van der Waals surface area contributed by atoms with Crippen molar-refractivity contribution in [2.24, 2.45) is 0 Å². The third-order valence-electron chi connectivity index (χ3n) is 3.62. The second-order valence-corrected chi connectivity index (χ2v) is 5.54. The quantitative estimate of drug-likeness (QED) is 0.849. The summed E-state index contributed by atoms with van der Waals surface area (Å²) >= 11 is 5.95. The Balaban J connectivity index is 1.90. The molecule has 0 N–H and O–H groups in total. The first-order valence-corrected chi connectivity index (χ1v) is 7.14. The monoisotopic (exact) mass is 281 g/mol. The number of likely N-dealkylation sites (tertiary alicyclic amines) is 1. The number of ether oxygens (including phenoxy) is 1. The highest BCUT2D eigenvalue weighted by Crippen LogP contribution is 2.21. The van der Waals surface area contributed by atoms with E-state index in [0.717, 1.165) is 24.9 Å². The summed E-state index contributed by atoms with van der Waals surface area (Å²) in [6.07, 6.45) is 3.39. The minimum Gasteiger partial charge on any atom is -0.484 e. The molecular weight excluding hydrogens is 262 g/mol. The molecule has 0 saturated carbocycles. The molecule has 1 saturated heterocycles. The first-order valence-electron chi connectivity index (χ1n) is 6.76. The molecular formula is C15H20ClNO2. The van der Waals surface area contributed by atoms with Crippen LogP contribution in [-0.2, 0) is 4.79 Å². The summed E-state index contributed by atoms with van der Waals surface area (Å²) in [6, 6.07) is 5.77. The van der Waals surface area contributed by atoms with E-state index >= 15 is 0 Å². The average molecular weight is 282 g/mol. The van der Waals surface area contributed by atoms with Gasteiger partial charge in [0.1, 0.15) is 5.75 Å². The summed E-state index contributed by atoms with van der Waals surface area (Å²) in [7, 11) is 0. The van der Waals surface area contributed by atoms with E-state index in [4.69, 9.17) is 16.3 Å². The molecule has 1 aliphatic rings. The third kappa shape index (κ3) is 3.63. The summed E-state index contributed by atoms with van der Waals surface area (Å²) in [5, 5.41) is 0.711. The lowest BCUT2D eigenvalue weighted by Crippen LogP contribution is -2.44. The Kier molecular flexibility index (Phi) is 4.70. The molecule has 104 valence electrons. The second kappa shape index (κ2) is 6.29. The smallest absolute Gasteiger partial charge is 0.260 e. The van der Waals surface area contributed by atoms with Crippen molar-refractivity contribution in [3.63, 3.8) is 0 Å². The minimum atomic E-state index is 0.0693. The van der Waals surface area contributed by atoms with Gasteiger partial charge in [0.05, 0.1) is 0 Å². The van der Waals surface area contributed by atoms with Gasteiger partial charge in [-0.3, -0.25) is 4.79 Å². The van der Waals surface area contributed by atoms with E-state index in [-0.39, 0.29) is 12.5 Å². The lowest BCUT2D eigenvalue weighted by molar-refractivity contribution is -0.136. The van der Waals surface area contributed by atoms with E-state index in [1.165, 1.54) is 6.42 Å². The number of aryl methyl sites for hydroxylation is 1. The van der Waals surface area contributed by atoms with Crippen LogP contribution in [0.2, 0.25) is 5.02 Å². The molecule has 1 unspecified atom stereocenters. The summed E-state index contributed by atoms with van der Waals surface area (Å²) in [5.74, 6) is 0.764. The van der Waals surface area contributed by atoms with Crippen LogP contribution in [-0.4, -0.2) is 30.0 Å². The molecule has 1 aromatic rings. The number of nitrogens with zero attached hydrogens (tertiary/aromatic N) is 1. The molecule has 1 amide bonds. The van der Waals surface area contributed by atoms with Crippen LogP contribution in [0.3, 0.4) is 0 Å². The van der Waals surface area contributed by atoms with Crippen LogP contribution in [0.15, 0.2) is 18.2 Å².